The molecule has 0 radical (unpaired) electrons. The molecule has 0 aliphatic carbocycles. The van der Waals surface area contributed by atoms with Crippen LogP contribution in [0.1, 0.15) is 104 Å². The predicted octanol–water partition coefficient (Wildman–Crippen LogP) is 1.77. The standard InChI is InChI=1S/C18H38O4S.Na/c1-3-4-5-6-7-8-12-15-18(19)16-13-10-9-11-14-17(2)23(20,21)22;/h17-19H,3-16H2,1-2H3,(H,20,21,22);/q;+1/p-1. The summed E-state index contributed by atoms with van der Waals surface area (Å²) in [6.45, 7) is 3.71. The van der Waals surface area contributed by atoms with E-state index >= 15 is 0 Å². The molecule has 0 saturated heterocycles. The smallest absolute Gasteiger partial charge is 0.748 e. The van der Waals surface area contributed by atoms with Gasteiger partial charge >= 0.3 is 29.6 Å². The largest absolute Gasteiger partial charge is 1.00 e. The summed E-state index contributed by atoms with van der Waals surface area (Å²) < 4.78 is 32.3. The maximum absolute atomic E-state index is 10.8. The molecule has 0 spiro atoms. The molecule has 2 unspecified atom stereocenters. The maximum Gasteiger partial charge on any atom is 1.00 e. The zero-order valence-corrected chi connectivity index (χ0v) is 19.0. The Labute approximate surface area is 172 Å². The second-order valence-electron chi connectivity index (χ2n) is 6.86. The van der Waals surface area contributed by atoms with Gasteiger partial charge in [0.2, 0.25) is 0 Å². The second kappa shape index (κ2) is 17.3. The Morgan fingerprint density at radius 3 is 1.58 bits per heavy atom. The molecular formula is C18H37NaO4S. The molecule has 1 N–H and O–H groups in total. The average Bonchev–Trinajstić information content (AvgIpc) is 2.48. The van der Waals surface area contributed by atoms with Crippen molar-refractivity contribution in [2.45, 2.75) is 115 Å². The zero-order valence-electron chi connectivity index (χ0n) is 16.1. The summed E-state index contributed by atoms with van der Waals surface area (Å²) in [6.07, 6.45) is 14.6. The summed E-state index contributed by atoms with van der Waals surface area (Å²) >= 11 is 0. The monoisotopic (exact) mass is 372 g/mol. The Balaban J connectivity index is 0. The van der Waals surface area contributed by atoms with Crippen LogP contribution in [0.4, 0.5) is 0 Å². The van der Waals surface area contributed by atoms with E-state index in [0.717, 1.165) is 44.9 Å². The molecule has 0 aliphatic rings. The van der Waals surface area contributed by atoms with Gasteiger partial charge in [-0.3, -0.25) is 0 Å². The SMILES string of the molecule is CCCCCCCCCC(O)CCCCCCC(C)S(=O)(=O)[O-].[Na+]. The van der Waals surface area contributed by atoms with E-state index in [1.807, 2.05) is 0 Å². The van der Waals surface area contributed by atoms with Crippen molar-refractivity contribution in [2.24, 2.45) is 0 Å². The van der Waals surface area contributed by atoms with Gasteiger partial charge in [-0.1, -0.05) is 77.6 Å². The van der Waals surface area contributed by atoms with E-state index in [2.05, 4.69) is 6.92 Å². The molecule has 140 valence electrons. The second-order valence-corrected chi connectivity index (χ2v) is 8.65. The maximum atomic E-state index is 10.8. The first kappa shape index (κ1) is 27.1. The van der Waals surface area contributed by atoms with Crippen LogP contribution < -0.4 is 29.6 Å². The Bertz CT molecular complexity index is 360. The minimum Gasteiger partial charge on any atom is -0.748 e. The van der Waals surface area contributed by atoms with Gasteiger partial charge in [0.05, 0.1) is 16.2 Å². The first-order valence-electron chi connectivity index (χ1n) is 9.50. The molecule has 0 bridgehead atoms. The zero-order chi connectivity index (χ0) is 17.6. The van der Waals surface area contributed by atoms with Crippen LogP contribution in [0.3, 0.4) is 0 Å². The van der Waals surface area contributed by atoms with Crippen molar-refractivity contribution in [1.29, 1.82) is 0 Å². The fourth-order valence-corrected chi connectivity index (χ4v) is 3.25. The Morgan fingerprint density at radius 2 is 1.17 bits per heavy atom. The van der Waals surface area contributed by atoms with Crippen molar-refractivity contribution in [3.05, 3.63) is 0 Å². The molecule has 0 saturated carbocycles. The van der Waals surface area contributed by atoms with Crippen LogP contribution in [0.15, 0.2) is 0 Å². The first-order valence-corrected chi connectivity index (χ1v) is 11.0. The van der Waals surface area contributed by atoms with Crippen molar-refractivity contribution >= 4 is 10.1 Å². The number of aliphatic hydroxyl groups is 1. The minimum atomic E-state index is -4.12. The summed E-state index contributed by atoms with van der Waals surface area (Å²) in [4.78, 5) is 0. The Morgan fingerprint density at radius 1 is 0.792 bits per heavy atom. The molecule has 0 amide bonds. The fourth-order valence-electron chi connectivity index (χ4n) is 2.79. The molecule has 0 rings (SSSR count). The van der Waals surface area contributed by atoms with Gasteiger partial charge in [-0.25, -0.2) is 8.42 Å². The normalized spacial score (nSPS) is 14.2. The first-order chi connectivity index (χ1) is 10.9. The molecule has 0 fully saturated rings. The van der Waals surface area contributed by atoms with E-state index in [9.17, 15) is 18.1 Å². The number of hydrogen-bond acceptors (Lipinski definition) is 4. The van der Waals surface area contributed by atoms with Crippen molar-refractivity contribution in [3.8, 4) is 0 Å². The van der Waals surface area contributed by atoms with Crippen LogP contribution in [0.5, 0.6) is 0 Å². The molecular weight excluding hydrogens is 335 g/mol. The van der Waals surface area contributed by atoms with Gasteiger partial charge in [-0.15, -0.1) is 0 Å². The molecule has 0 aromatic rings. The number of hydrogen-bond donors (Lipinski definition) is 1. The van der Waals surface area contributed by atoms with E-state index in [1.54, 1.807) is 0 Å². The van der Waals surface area contributed by atoms with Gasteiger partial charge in [-0.05, 0) is 26.2 Å². The van der Waals surface area contributed by atoms with Gasteiger partial charge < -0.3 is 9.66 Å². The summed E-state index contributed by atoms with van der Waals surface area (Å²) in [5.41, 5.74) is 0. The molecule has 24 heavy (non-hydrogen) atoms. The molecule has 0 aliphatic heterocycles. The van der Waals surface area contributed by atoms with Gasteiger partial charge in [0, 0.05) is 5.25 Å². The number of aliphatic hydroxyl groups excluding tert-OH is 1. The van der Waals surface area contributed by atoms with E-state index in [1.165, 1.54) is 45.4 Å². The van der Waals surface area contributed by atoms with Gasteiger partial charge in [0.15, 0.2) is 0 Å². The van der Waals surface area contributed by atoms with E-state index in [0.29, 0.717) is 6.42 Å². The molecule has 2 atom stereocenters. The van der Waals surface area contributed by atoms with E-state index in [4.69, 9.17) is 0 Å². The van der Waals surface area contributed by atoms with Crippen LogP contribution >= 0.6 is 0 Å². The van der Waals surface area contributed by atoms with Crippen molar-refractivity contribution < 1.29 is 47.6 Å². The Kier molecular flexibility index (Phi) is 19.5. The van der Waals surface area contributed by atoms with Crippen molar-refractivity contribution in [2.75, 3.05) is 0 Å². The van der Waals surface area contributed by atoms with Gasteiger partial charge in [-0.2, -0.15) is 0 Å². The third kappa shape index (κ3) is 17.7. The van der Waals surface area contributed by atoms with Crippen LogP contribution in [0, 0.1) is 0 Å². The van der Waals surface area contributed by atoms with Crippen molar-refractivity contribution in [1.82, 2.24) is 0 Å². The summed E-state index contributed by atoms with van der Waals surface area (Å²) in [5.74, 6) is 0. The third-order valence-electron chi connectivity index (χ3n) is 4.53. The molecule has 0 heterocycles. The quantitative estimate of drug-likeness (QED) is 0.254. The minimum absolute atomic E-state index is 0. The summed E-state index contributed by atoms with van der Waals surface area (Å²) in [7, 11) is -4.12. The predicted molar refractivity (Wildman–Crippen MR) is 95.5 cm³/mol. The summed E-state index contributed by atoms with van der Waals surface area (Å²) in [5, 5.41) is 9.15. The van der Waals surface area contributed by atoms with E-state index < -0.39 is 15.4 Å². The number of rotatable bonds is 16. The van der Waals surface area contributed by atoms with Crippen LogP contribution in [-0.4, -0.2) is 29.4 Å². The fraction of sp³-hybridized carbons (Fsp3) is 1.00. The van der Waals surface area contributed by atoms with E-state index in [-0.39, 0.29) is 35.7 Å². The van der Waals surface area contributed by atoms with Crippen LogP contribution in [0.2, 0.25) is 0 Å². The van der Waals surface area contributed by atoms with Gasteiger partial charge in [0.1, 0.15) is 0 Å². The average molecular weight is 373 g/mol. The number of unbranched alkanes of at least 4 members (excludes halogenated alkanes) is 9. The van der Waals surface area contributed by atoms with Crippen LogP contribution in [-0.2, 0) is 10.1 Å². The molecule has 0 aromatic heterocycles. The van der Waals surface area contributed by atoms with Crippen molar-refractivity contribution in [3.63, 3.8) is 0 Å². The van der Waals surface area contributed by atoms with Gasteiger partial charge in [0.25, 0.3) is 0 Å². The third-order valence-corrected chi connectivity index (χ3v) is 5.75. The summed E-state index contributed by atoms with van der Waals surface area (Å²) in [6, 6.07) is 0. The molecule has 4 nitrogen and oxygen atoms in total. The topological polar surface area (TPSA) is 77.4 Å². The Hall–Kier alpha value is 0.870. The van der Waals surface area contributed by atoms with Crippen LogP contribution in [0.25, 0.3) is 0 Å². The molecule has 0 aromatic carbocycles. The molecule has 6 heteroatoms.